The van der Waals surface area contributed by atoms with E-state index >= 15 is 0 Å². The van der Waals surface area contributed by atoms with Gasteiger partial charge in [-0.15, -0.1) is 0 Å². The van der Waals surface area contributed by atoms with Crippen molar-refractivity contribution in [2.75, 3.05) is 5.32 Å². The first-order valence-corrected chi connectivity index (χ1v) is 6.64. The van der Waals surface area contributed by atoms with Gasteiger partial charge in [-0.3, -0.25) is 4.79 Å². The summed E-state index contributed by atoms with van der Waals surface area (Å²) in [5.41, 5.74) is -0.648. The van der Waals surface area contributed by atoms with E-state index < -0.39 is 23.1 Å². The molecule has 0 saturated carbocycles. The first-order valence-electron chi connectivity index (χ1n) is 5.06. The van der Waals surface area contributed by atoms with Crippen molar-refractivity contribution in [3.63, 3.8) is 0 Å². The Morgan fingerprint density at radius 2 is 1.79 bits per heavy atom. The third kappa shape index (κ3) is 3.36. The highest BCUT2D eigenvalue weighted by Crippen LogP contribution is 2.20. The van der Waals surface area contributed by atoms with E-state index in [9.17, 15) is 13.6 Å². The summed E-state index contributed by atoms with van der Waals surface area (Å²) < 4.78 is 27.9. The molecule has 0 aliphatic carbocycles. The summed E-state index contributed by atoms with van der Waals surface area (Å²) in [7, 11) is 0. The van der Waals surface area contributed by atoms with Crippen LogP contribution in [0.3, 0.4) is 0 Å². The zero-order valence-electron chi connectivity index (χ0n) is 9.25. The van der Waals surface area contributed by atoms with Crippen molar-refractivity contribution >= 4 is 43.6 Å². The van der Waals surface area contributed by atoms with E-state index in [1.807, 2.05) is 0 Å². The van der Waals surface area contributed by atoms with Crippen LogP contribution in [0.4, 0.5) is 14.6 Å². The molecule has 98 valence electrons. The highest BCUT2D eigenvalue weighted by molar-refractivity contribution is 9.10. The van der Waals surface area contributed by atoms with Crippen molar-refractivity contribution in [1.29, 1.82) is 0 Å². The van der Waals surface area contributed by atoms with Crippen LogP contribution in [0, 0.1) is 11.6 Å². The number of nitrogens with zero attached hydrogens (tertiary/aromatic N) is 1. The number of halogens is 4. The lowest BCUT2D eigenvalue weighted by atomic mass is 10.2. The molecule has 1 N–H and O–H groups in total. The van der Waals surface area contributed by atoms with E-state index in [1.54, 1.807) is 12.1 Å². The normalized spacial score (nSPS) is 10.3. The number of aromatic nitrogens is 1. The minimum absolute atomic E-state index is 0.195. The third-order valence-corrected chi connectivity index (χ3v) is 3.09. The van der Waals surface area contributed by atoms with Crippen molar-refractivity contribution < 1.29 is 13.6 Å². The second-order valence-electron chi connectivity index (χ2n) is 3.54. The summed E-state index contributed by atoms with van der Waals surface area (Å²) >= 11 is 6.07. The number of nitrogens with one attached hydrogen (secondary N) is 1. The SMILES string of the molecule is O=C(Nc1cccc(Br)n1)c1c(F)cc(Br)cc1F. The van der Waals surface area contributed by atoms with Crippen LogP contribution in [0.2, 0.25) is 0 Å². The fourth-order valence-corrected chi connectivity index (χ4v) is 2.16. The van der Waals surface area contributed by atoms with E-state index in [2.05, 4.69) is 42.2 Å². The molecule has 7 heteroatoms. The Balaban J connectivity index is 2.31. The summed E-state index contributed by atoms with van der Waals surface area (Å²) in [5, 5.41) is 2.32. The van der Waals surface area contributed by atoms with Crippen LogP contribution >= 0.6 is 31.9 Å². The van der Waals surface area contributed by atoms with Gasteiger partial charge in [0.1, 0.15) is 27.6 Å². The largest absolute Gasteiger partial charge is 0.306 e. The van der Waals surface area contributed by atoms with Crippen molar-refractivity contribution in [2.24, 2.45) is 0 Å². The molecule has 0 unspecified atom stereocenters. The first kappa shape index (κ1) is 14.1. The molecular weight excluding hydrogens is 386 g/mol. The second kappa shape index (κ2) is 5.75. The monoisotopic (exact) mass is 390 g/mol. The number of carbonyl (C=O) groups is 1. The highest BCUT2D eigenvalue weighted by atomic mass is 79.9. The van der Waals surface area contributed by atoms with Gasteiger partial charge in [0, 0.05) is 4.47 Å². The van der Waals surface area contributed by atoms with Crippen LogP contribution in [0.1, 0.15) is 10.4 Å². The number of anilines is 1. The Bertz CT molecular complexity index is 626. The lowest BCUT2D eigenvalue weighted by molar-refractivity contribution is 0.101. The lowest BCUT2D eigenvalue weighted by Gasteiger charge is -2.07. The van der Waals surface area contributed by atoms with E-state index in [-0.39, 0.29) is 10.3 Å². The Hall–Kier alpha value is -1.34. The number of pyridine rings is 1. The fourth-order valence-electron chi connectivity index (χ4n) is 1.42. The fraction of sp³-hybridized carbons (Fsp3) is 0. The van der Waals surface area contributed by atoms with Crippen LogP contribution in [0.15, 0.2) is 39.4 Å². The summed E-state index contributed by atoms with van der Waals surface area (Å²) in [6, 6.07) is 6.85. The van der Waals surface area contributed by atoms with Crippen LogP contribution in [-0.2, 0) is 0 Å². The quantitative estimate of drug-likeness (QED) is 0.782. The van der Waals surface area contributed by atoms with Crippen LogP contribution in [0.25, 0.3) is 0 Å². The van der Waals surface area contributed by atoms with Gasteiger partial charge in [0.25, 0.3) is 5.91 Å². The molecule has 0 fully saturated rings. The van der Waals surface area contributed by atoms with Crippen molar-refractivity contribution in [2.45, 2.75) is 0 Å². The van der Waals surface area contributed by atoms with E-state index in [1.165, 1.54) is 6.07 Å². The minimum Gasteiger partial charge on any atom is -0.306 e. The smallest absolute Gasteiger partial charge is 0.262 e. The van der Waals surface area contributed by atoms with Gasteiger partial charge < -0.3 is 5.32 Å². The van der Waals surface area contributed by atoms with Gasteiger partial charge in [-0.1, -0.05) is 22.0 Å². The van der Waals surface area contributed by atoms with Gasteiger partial charge in [0.15, 0.2) is 0 Å². The van der Waals surface area contributed by atoms with Crippen LogP contribution in [0.5, 0.6) is 0 Å². The third-order valence-electron chi connectivity index (χ3n) is 2.19. The molecule has 0 aliphatic rings. The molecule has 0 saturated heterocycles. The molecule has 2 aromatic rings. The molecule has 0 bridgehead atoms. The summed E-state index contributed by atoms with van der Waals surface area (Å²) in [6.07, 6.45) is 0. The van der Waals surface area contributed by atoms with Crippen molar-refractivity contribution in [3.8, 4) is 0 Å². The summed E-state index contributed by atoms with van der Waals surface area (Å²) in [5.74, 6) is -2.59. The Morgan fingerprint density at radius 3 is 2.37 bits per heavy atom. The Labute approximate surface area is 124 Å². The van der Waals surface area contributed by atoms with E-state index in [0.29, 0.717) is 4.60 Å². The molecule has 0 radical (unpaired) electrons. The zero-order chi connectivity index (χ0) is 14.0. The summed E-state index contributed by atoms with van der Waals surface area (Å²) in [6.45, 7) is 0. The molecule has 2 rings (SSSR count). The number of hydrogen-bond acceptors (Lipinski definition) is 2. The van der Waals surface area contributed by atoms with Gasteiger partial charge in [-0.05, 0) is 40.2 Å². The molecule has 3 nitrogen and oxygen atoms in total. The first-order chi connectivity index (χ1) is 8.97. The topological polar surface area (TPSA) is 42.0 Å². The van der Waals surface area contributed by atoms with Gasteiger partial charge in [0.05, 0.1) is 0 Å². The molecule has 0 aliphatic heterocycles. The van der Waals surface area contributed by atoms with Gasteiger partial charge in [-0.2, -0.15) is 0 Å². The predicted octanol–water partition coefficient (Wildman–Crippen LogP) is 4.14. The standard InChI is InChI=1S/C12H6Br2F2N2O/c13-6-4-7(15)11(8(16)5-6)12(19)18-10-3-1-2-9(14)17-10/h1-5H,(H,17,18,19). The van der Waals surface area contributed by atoms with Crippen LogP contribution < -0.4 is 5.32 Å². The predicted molar refractivity (Wildman–Crippen MR) is 73.9 cm³/mol. The number of hydrogen-bond donors (Lipinski definition) is 1. The second-order valence-corrected chi connectivity index (χ2v) is 5.27. The number of amides is 1. The number of benzene rings is 1. The highest BCUT2D eigenvalue weighted by Gasteiger charge is 2.18. The van der Waals surface area contributed by atoms with Gasteiger partial charge >= 0.3 is 0 Å². The lowest BCUT2D eigenvalue weighted by Crippen LogP contribution is -2.16. The maximum Gasteiger partial charge on any atom is 0.262 e. The molecule has 1 heterocycles. The Kier molecular flexibility index (Phi) is 4.26. The van der Waals surface area contributed by atoms with Crippen LogP contribution in [-0.4, -0.2) is 10.9 Å². The molecule has 1 amide bonds. The zero-order valence-corrected chi connectivity index (χ0v) is 12.4. The van der Waals surface area contributed by atoms with E-state index in [0.717, 1.165) is 12.1 Å². The molecule has 0 spiro atoms. The van der Waals surface area contributed by atoms with Crippen molar-refractivity contribution in [3.05, 3.63) is 56.6 Å². The minimum atomic E-state index is -0.945. The number of carbonyl (C=O) groups excluding carboxylic acids is 1. The van der Waals surface area contributed by atoms with Gasteiger partial charge in [-0.25, -0.2) is 13.8 Å². The average Bonchev–Trinajstić information content (AvgIpc) is 2.27. The molecule has 19 heavy (non-hydrogen) atoms. The number of rotatable bonds is 2. The Morgan fingerprint density at radius 1 is 1.16 bits per heavy atom. The van der Waals surface area contributed by atoms with E-state index in [4.69, 9.17) is 0 Å². The van der Waals surface area contributed by atoms with Crippen molar-refractivity contribution in [1.82, 2.24) is 4.98 Å². The molecule has 1 aromatic carbocycles. The maximum absolute atomic E-state index is 13.6. The van der Waals surface area contributed by atoms with Gasteiger partial charge in [0.2, 0.25) is 0 Å². The molecular formula is C12H6Br2F2N2O. The molecule has 0 atom stereocenters. The molecule has 1 aromatic heterocycles. The summed E-state index contributed by atoms with van der Waals surface area (Å²) in [4.78, 5) is 15.8. The maximum atomic E-state index is 13.6. The average molecular weight is 392 g/mol.